The predicted octanol–water partition coefficient (Wildman–Crippen LogP) is 2.46. The number of rotatable bonds is 6. The fraction of sp³-hybridized carbons (Fsp3) is 0.769. The van der Waals surface area contributed by atoms with Crippen LogP contribution in [-0.2, 0) is 11.2 Å². The second-order valence-corrected chi connectivity index (χ2v) is 4.68. The van der Waals surface area contributed by atoms with Gasteiger partial charge in [-0.3, -0.25) is 0 Å². The first-order valence-corrected chi connectivity index (χ1v) is 6.59. The number of aromatic nitrogens is 1. The molecule has 17 heavy (non-hydrogen) atoms. The zero-order valence-electron chi connectivity index (χ0n) is 10.7. The van der Waals surface area contributed by atoms with E-state index in [0.29, 0.717) is 6.10 Å². The van der Waals surface area contributed by atoms with Gasteiger partial charge in [0.1, 0.15) is 5.76 Å². The van der Waals surface area contributed by atoms with Crippen molar-refractivity contribution >= 4 is 0 Å². The Morgan fingerprint density at radius 1 is 1.59 bits per heavy atom. The Bertz CT molecular complexity index is 332. The molecule has 1 aromatic heterocycles. The molecular weight excluding hydrogens is 216 g/mol. The Hall–Kier alpha value is -0.870. The number of oxazole rings is 1. The second kappa shape index (κ2) is 6.17. The number of nitrogens with one attached hydrogen (secondary N) is 1. The van der Waals surface area contributed by atoms with E-state index in [9.17, 15) is 0 Å². The van der Waals surface area contributed by atoms with Crippen molar-refractivity contribution in [1.29, 1.82) is 0 Å². The highest BCUT2D eigenvalue weighted by Gasteiger charge is 2.19. The van der Waals surface area contributed by atoms with Crippen LogP contribution in [0.5, 0.6) is 0 Å². The van der Waals surface area contributed by atoms with Crippen LogP contribution in [0.4, 0.5) is 0 Å². The highest BCUT2D eigenvalue weighted by atomic mass is 16.5. The molecule has 2 unspecified atom stereocenters. The number of hydrogen-bond donors (Lipinski definition) is 1. The Kier molecular flexibility index (Phi) is 4.57. The van der Waals surface area contributed by atoms with Crippen molar-refractivity contribution in [2.24, 2.45) is 0 Å². The Morgan fingerprint density at radius 3 is 3.18 bits per heavy atom. The maximum absolute atomic E-state index is 5.75. The summed E-state index contributed by atoms with van der Waals surface area (Å²) < 4.78 is 11.3. The van der Waals surface area contributed by atoms with E-state index >= 15 is 0 Å². The Morgan fingerprint density at radius 2 is 2.47 bits per heavy atom. The normalized spacial score (nSPS) is 21.9. The van der Waals surface area contributed by atoms with Crippen molar-refractivity contribution in [2.45, 2.75) is 51.7 Å². The van der Waals surface area contributed by atoms with Gasteiger partial charge >= 0.3 is 0 Å². The van der Waals surface area contributed by atoms with Crippen LogP contribution >= 0.6 is 0 Å². The van der Waals surface area contributed by atoms with E-state index in [2.05, 4.69) is 24.1 Å². The first-order chi connectivity index (χ1) is 8.29. The fourth-order valence-electron chi connectivity index (χ4n) is 2.10. The van der Waals surface area contributed by atoms with Crippen molar-refractivity contribution in [3.8, 4) is 0 Å². The molecule has 0 aliphatic carbocycles. The van der Waals surface area contributed by atoms with E-state index in [1.807, 2.05) is 6.20 Å². The smallest absolute Gasteiger partial charge is 0.211 e. The monoisotopic (exact) mass is 238 g/mol. The van der Waals surface area contributed by atoms with E-state index in [1.54, 1.807) is 0 Å². The summed E-state index contributed by atoms with van der Waals surface area (Å²) in [4.78, 5) is 4.33. The number of ether oxygens (including phenoxy) is 1. The van der Waals surface area contributed by atoms with Gasteiger partial charge in [-0.15, -0.1) is 0 Å². The molecule has 0 radical (unpaired) electrons. The molecule has 0 saturated carbocycles. The van der Waals surface area contributed by atoms with Gasteiger partial charge in [0, 0.05) is 13.0 Å². The van der Waals surface area contributed by atoms with Gasteiger partial charge in [-0.25, -0.2) is 4.98 Å². The van der Waals surface area contributed by atoms with Crippen LogP contribution in [0.2, 0.25) is 0 Å². The van der Waals surface area contributed by atoms with Crippen LogP contribution < -0.4 is 5.32 Å². The Balaban J connectivity index is 1.86. The molecule has 4 nitrogen and oxygen atoms in total. The molecule has 0 spiro atoms. The molecule has 2 atom stereocenters. The third-order valence-corrected chi connectivity index (χ3v) is 3.10. The van der Waals surface area contributed by atoms with Crippen LogP contribution in [0.15, 0.2) is 10.6 Å². The standard InChI is InChI=1S/C13H22N2O2/c1-3-6-14-10(2)13-15-9-12(17-13)8-11-5-4-7-16-11/h9-11,14H,3-8H2,1-2H3. The van der Waals surface area contributed by atoms with Gasteiger partial charge in [0.2, 0.25) is 5.89 Å². The van der Waals surface area contributed by atoms with Gasteiger partial charge < -0.3 is 14.5 Å². The maximum Gasteiger partial charge on any atom is 0.211 e. The van der Waals surface area contributed by atoms with Crippen LogP contribution in [0.1, 0.15) is 50.8 Å². The Labute approximate surface area is 103 Å². The van der Waals surface area contributed by atoms with Crippen LogP contribution in [0.3, 0.4) is 0 Å². The van der Waals surface area contributed by atoms with E-state index in [4.69, 9.17) is 9.15 Å². The molecule has 1 aromatic rings. The zero-order chi connectivity index (χ0) is 12.1. The summed E-state index contributed by atoms with van der Waals surface area (Å²) in [6.07, 6.45) is 6.44. The third kappa shape index (κ3) is 3.54. The second-order valence-electron chi connectivity index (χ2n) is 4.68. The molecule has 2 heterocycles. The number of hydrogen-bond acceptors (Lipinski definition) is 4. The van der Waals surface area contributed by atoms with Gasteiger partial charge in [-0.1, -0.05) is 6.92 Å². The summed E-state index contributed by atoms with van der Waals surface area (Å²) in [6, 6.07) is 0.188. The van der Waals surface area contributed by atoms with Gasteiger partial charge in [0.25, 0.3) is 0 Å². The van der Waals surface area contributed by atoms with Crippen molar-refractivity contribution in [1.82, 2.24) is 10.3 Å². The van der Waals surface area contributed by atoms with E-state index in [1.165, 1.54) is 6.42 Å². The van der Waals surface area contributed by atoms with Crippen LogP contribution in [0, 0.1) is 0 Å². The molecule has 0 bridgehead atoms. The molecular formula is C13H22N2O2. The minimum absolute atomic E-state index is 0.188. The van der Waals surface area contributed by atoms with Crippen molar-refractivity contribution < 1.29 is 9.15 Å². The van der Waals surface area contributed by atoms with E-state index in [0.717, 1.165) is 44.1 Å². The lowest BCUT2D eigenvalue weighted by atomic mass is 10.1. The lowest BCUT2D eigenvalue weighted by Crippen LogP contribution is -2.19. The van der Waals surface area contributed by atoms with Gasteiger partial charge in [-0.2, -0.15) is 0 Å². The largest absolute Gasteiger partial charge is 0.444 e. The highest BCUT2D eigenvalue weighted by molar-refractivity contribution is 4.99. The molecule has 0 amide bonds. The lowest BCUT2D eigenvalue weighted by Gasteiger charge is -2.09. The molecule has 1 aliphatic heterocycles. The summed E-state index contributed by atoms with van der Waals surface area (Å²) >= 11 is 0. The van der Waals surface area contributed by atoms with E-state index < -0.39 is 0 Å². The van der Waals surface area contributed by atoms with Crippen LogP contribution in [-0.4, -0.2) is 24.2 Å². The SMILES string of the molecule is CCCNC(C)c1ncc(CC2CCCO2)o1. The molecule has 0 aromatic carbocycles. The fourth-order valence-corrected chi connectivity index (χ4v) is 2.10. The molecule has 2 rings (SSSR count). The zero-order valence-corrected chi connectivity index (χ0v) is 10.7. The molecule has 1 saturated heterocycles. The lowest BCUT2D eigenvalue weighted by molar-refractivity contribution is 0.106. The first kappa shape index (κ1) is 12.6. The van der Waals surface area contributed by atoms with Gasteiger partial charge in [0.15, 0.2) is 0 Å². The average molecular weight is 238 g/mol. The number of nitrogens with zero attached hydrogens (tertiary/aromatic N) is 1. The first-order valence-electron chi connectivity index (χ1n) is 6.59. The molecule has 1 fully saturated rings. The average Bonchev–Trinajstić information content (AvgIpc) is 2.98. The molecule has 1 N–H and O–H groups in total. The van der Waals surface area contributed by atoms with Crippen molar-refractivity contribution in [3.05, 3.63) is 17.8 Å². The summed E-state index contributed by atoms with van der Waals surface area (Å²) in [5.41, 5.74) is 0. The third-order valence-electron chi connectivity index (χ3n) is 3.10. The molecule has 1 aliphatic rings. The summed E-state index contributed by atoms with van der Waals surface area (Å²) in [5.74, 6) is 1.73. The predicted molar refractivity (Wildman–Crippen MR) is 65.9 cm³/mol. The molecule has 4 heteroatoms. The van der Waals surface area contributed by atoms with Crippen molar-refractivity contribution in [3.63, 3.8) is 0 Å². The van der Waals surface area contributed by atoms with Gasteiger partial charge in [-0.05, 0) is 32.7 Å². The minimum Gasteiger partial charge on any atom is -0.444 e. The molecule has 96 valence electrons. The maximum atomic E-state index is 5.75. The summed E-state index contributed by atoms with van der Waals surface area (Å²) in [5, 5.41) is 3.37. The van der Waals surface area contributed by atoms with Crippen molar-refractivity contribution in [2.75, 3.05) is 13.2 Å². The quantitative estimate of drug-likeness (QED) is 0.827. The summed E-state index contributed by atoms with van der Waals surface area (Å²) in [6.45, 7) is 6.11. The van der Waals surface area contributed by atoms with E-state index in [-0.39, 0.29) is 6.04 Å². The summed E-state index contributed by atoms with van der Waals surface area (Å²) in [7, 11) is 0. The highest BCUT2D eigenvalue weighted by Crippen LogP contribution is 2.19. The topological polar surface area (TPSA) is 47.3 Å². The van der Waals surface area contributed by atoms with Gasteiger partial charge in [0.05, 0.1) is 18.3 Å². The minimum atomic E-state index is 0.188. The van der Waals surface area contributed by atoms with Crippen LogP contribution in [0.25, 0.3) is 0 Å².